The van der Waals surface area contributed by atoms with Crippen molar-refractivity contribution in [2.24, 2.45) is 0 Å². The van der Waals surface area contributed by atoms with E-state index in [1.54, 1.807) is 13.0 Å². The Morgan fingerprint density at radius 1 is 1.50 bits per heavy atom. The van der Waals surface area contributed by atoms with Crippen molar-refractivity contribution >= 4 is 11.6 Å². The SMILES string of the molecule is C=CCO/C(=C(\Cl)C=C)[C@@H](C)OC(C)(C)O. The molecule has 0 aromatic heterocycles. The van der Waals surface area contributed by atoms with E-state index < -0.39 is 11.9 Å². The number of hydrogen-bond acceptors (Lipinski definition) is 3. The molecule has 1 atom stereocenters. The fourth-order valence-corrected chi connectivity index (χ4v) is 1.32. The molecule has 0 saturated heterocycles. The third-order valence-electron chi connectivity index (χ3n) is 1.61. The van der Waals surface area contributed by atoms with Crippen LogP contribution >= 0.6 is 11.6 Å². The highest BCUT2D eigenvalue weighted by molar-refractivity contribution is 6.31. The molecule has 0 amide bonds. The van der Waals surface area contributed by atoms with Crippen molar-refractivity contribution in [3.05, 3.63) is 36.1 Å². The van der Waals surface area contributed by atoms with Gasteiger partial charge >= 0.3 is 0 Å². The Morgan fingerprint density at radius 3 is 2.44 bits per heavy atom. The van der Waals surface area contributed by atoms with Crippen LogP contribution in [-0.2, 0) is 9.47 Å². The van der Waals surface area contributed by atoms with Crippen molar-refractivity contribution in [1.29, 1.82) is 0 Å². The Balaban J connectivity index is 4.76. The molecule has 0 aliphatic heterocycles. The lowest BCUT2D eigenvalue weighted by atomic mass is 10.2. The van der Waals surface area contributed by atoms with Crippen molar-refractivity contribution < 1.29 is 14.6 Å². The van der Waals surface area contributed by atoms with E-state index in [1.807, 2.05) is 0 Å². The fourth-order valence-electron chi connectivity index (χ4n) is 1.12. The van der Waals surface area contributed by atoms with E-state index in [1.165, 1.54) is 19.9 Å². The van der Waals surface area contributed by atoms with Gasteiger partial charge in [0.05, 0.1) is 5.03 Å². The van der Waals surface area contributed by atoms with Gasteiger partial charge in [0.25, 0.3) is 0 Å². The predicted molar refractivity (Wildman–Crippen MR) is 66.1 cm³/mol. The molecule has 0 unspecified atom stereocenters. The summed E-state index contributed by atoms with van der Waals surface area (Å²) in [5, 5.41) is 9.89. The van der Waals surface area contributed by atoms with Gasteiger partial charge < -0.3 is 14.6 Å². The van der Waals surface area contributed by atoms with Crippen molar-refractivity contribution in [3.8, 4) is 0 Å². The quantitative estimate of drug-likeness (QED) is 0.325. The van der Waals surface area contributed by atoms with Gasteiger partial charge in [-0.15, -0.1) is 0 Å². The van der Waals surface area contributed by atoms with Crippen LogP contribution in [0, 0.1) is 0 Å². The lowest BCUT2D eigenvalue weighted by Gasteiger charge is -2.25. The fraction of sp³-hybridized carbons (Fsp3) is 0.500. The minimum absolute atomic E-state index is 0.318. The van der Waals surface area contributed by atoms with Crippen LogP contribution < -0.4 is 0 Å². The van der Waals surface area contributed by atoms with Crippen molar-refractivity contribution in [3.63, 3.8) is 0 Å². The van der Waals surface area contributed by atoms with Crippen LogP contribution in [0.3, 0.4) is 0 Å². The zero-order valence-electron chi connectivity index (χ0n) is 10.00. The highest BCUT2D eigenvalue weighted by Gasteiger charge is 2.22. The van der Waals surface area contributed by atoms with E-state index in [9.17, 15) is 5.11 Å². The van der Waals surface area contributed by atoms with Crippen molar-refractivity contribution in [2.45, 2.75) is 32.7 Å². The third kappa shape index (κ3) is 5.95. The molecule has 4 heteroatoms. The average Bonchev–Trinajstić information content (AvgIpc) is 2.15. The minimum atomic E-state index is -1.25. The minimum Gasteiger partial charge on any atom is -0.490 e. The van der Waals surface area contributed by atoms with Gasteiger partial charge in [-0.1, -0.05) is 30.8 Å². The Morgan fingerprint density at radius 2 is 2.06 bits per heavy atom. The maximum Gasteiger partial charge on any atom is 0.160 e. The second-order valence-electron chi connectivity index (χ2n) is 3.72. The second-order valence-corrected chi connectivity index (χ2v) is 4.13. The average molecular weight is 247 g/mol. The number of rotatable bonds is 7. The molecular weight excluding hydrogens is 228 g/mol. The number of ether oxygens (including phenoxy) is 2. The van der Waals surface area contributed by atoms with Gasteiger partial charge in [0.1, 0.15) is 18.5 Å². The van der Waals surface area contributed by atoms with E-state index in [0.717, 1.165) is 0 Å². The molecule has 16 heavy (non-hydrogen) atoms. The molecule has 92 valence electrons. The van der Waals surface area contributed by atoms with Crippen LogP contribution in [0.15, 0.2) is 36.1 Å². The first-order chi connectivity index (χ1) is 7.31. The van der Waals surface area contributed by atoms with Crippen LogP contribution in [-0.4, -0.2) is 23.6 Å². The highest BCUT2D eigenvalue weighted by Crippen LogP contribution is 2.21. The molecule has 0 rings (SSSR count). The van der Waals surface area contributed by atoms with Gasteiger partial charge in [-0.3, -0.25) is 0 Å². The van der Waals surface area contributed by atoms with Crippen molar-refractivity contribution in [1.82, 2.24) is 0 Å². The number of aliphatic hydroxyl groups is 1. The number of halogens is 1. The molecule has 0 aliphatic carbocycles. The van der Waals surface area contributed by atoms with Crippen LogP contribution in [0.4, 0.5) is 0 Å². The Bertz CT molecular complexity index is 276. The van der Waals surface area contributed by atoms with Gasteiger partial charge in [0.15, 0.2) is 5.79 Å². The summed E-state index contributed by atoms with van der Waals surface area (Å²) in [5.74, 6) is -0.820. The van der Waals surface area contributed by atoms with E-state index in [0.29, 0.717) is 17.4 Å². The summed E-state index contributed by atoms with van der Waals surface area (Å²) in [6.07, 6.45) is 2.60. The maximum absolute atomic E-state index is 9.53. The topological polar surface area (TPSA) is 38.7 Å². The van der Waals surface area contributed by atoms with Gasteiger partial charge in [-0.25, -0.2) is 0 Å². The first-order valence-electron chi connectivity index (χ1n) is 4.97. The Hall–Kier alpha value is -0.770. The highest BCUT2D eigenvalue weighted by atomic mass is 35.5. The molecular formula is C12H19ClO3. The van der Waals surface area contributed by atoms with E-state index >= 15 is 0 Å². The normalized spacial score (nSPS) is 15.1. The summed E-state index contributed by atoms with van der Waals surface area (Å²) >= 11 is 5.93. The van der Waals surface area contributed by atoms with Gasteiger partial charge in [-0.05, 0) is 26.8 Å². The summed E-state index contributed by atoms with van der Waals surface area (Å²) in [6.45, 7) is 12.2. The Kier molecular flexibility index (Phi) is 6.41. The lowest BCUT2D eigenvalue weighted by Crippen LogP contribution is -2.30. The molecule has 0 bridgehead atoms. The predicted octanol–water partition coefficient (Wildman–Crippen LogP) is 2.96. The van der Waals surface area contributed by atoms with E-state index in [2.05, 4.69) is 13.2 Å². The molecule has 0 aromatic rings. The summed E-state index contributed by atoms with van der Waals surface area (Å²) in [7, 11) is 0. The van der Waals surface area contributed by atoms with Gasteiger partial charge in [0, 0.05) is 0 Å². The van der Waals surface area contributed by atoms with Crippen molar-refractivity contribution in [2.75, 3.05) is 6.61 Å². The van der Waals surface area contributed by atoms with Crippen LogP contribution in [0.5, 0.6) is 0 Å². The zero-order chi connectivity index (χ0) is 12.8. The van der Waals surface area contributed by atoms with E-state index in [-0.39, 0.29) is 0 Å². The summed E-state index contributed by atoms with van der Waals surface area (Å²) in [6, 6.07) is 0. The van der Waals surface area contributed by atoms with Gasteiger partial charge in [-0.2, -0.15) is 0 Å². The third-order valence-corrected chi connectivity index (χ3v) is 1.95. The first-order valence-corrected chi connectivity index (χ1v) is 5.35. The lowest BCUT2D eigenvalue weighted by molar-refractivity contribution is -0.199. The molecule has 0 heterocycles. The molecule has 3 nitrogen and oxygen atoms in total. The van der Waals surface area contributed by atoms with Crippen LogP contribution in [0.25, 0.3) is 0 Å². The van der Waals surface area contributed by atoms with E-state index in [4.69, 9.17) is 21.1 Å². The summed E-state index contributed by atoms with van der Waals surface area (Å²) < 4.78 is 10.7. The summed E-state index contributed by atoms with van der Waals surface area (Å²) in [4.78, 5) is 0. The summed E-state index contributed by atoms with van der Waals surface area (Å²) in [5.41, 5.74) is 0. The maximum atomic E-state index is 9.53. The monoisotopic (exact) mass is 246 g/mol. The van der Waals surface area contributed by atoms with Crippen LogP contribution in [0.2, 0.25) is 0 Å². The first kappa shape index (κ1) is 15.2. The standard InChI is InChI=1S/C12H19ClO3/c1-6-8-15-11(10(13)7-2)9(3)16-12(4,5)14/h6-7,9,14H,1-2,8H2,3-5H3/b11-10-/t9-/m1/s1. The molecule has 0 aromatic carbocycles. The van der Waals surface area contributed by atoms with Crippen LogP contribution in [0.1, 0.15) is 20.8 Å². The molecule has 0 saturated carbocycles. The second kappa shape index (κ2) is 6.74. The smallest absolute Gasteiger partial charge is 0.160 e. The number of hydrogen-bond donors (Lipinski definition) is 1. The molecule has 0 radical (unpaired) electrons. The number of allylic oxidation sites excluding steroid dienone is 2. The molecule has 0 fully saturated rings. The Labute approximate surface area is 102 Å². The zero-order valence-corrected chi connectivity index (χ0v) is 10.8. The largest absolute Gasteiger partial charge is 0.490 e. The molecule has 0 aliphatic rings. The molecule has 0 spiro atoms. The van der Waals surface area contributed by atoms with Gasteiger partial charge in [0.2, 0.25) is 0 Å². The molecule has 1 N–H and O–H groups in total.